The van der Waals surface area contributed by atoms with Gasteiger partial charge in [0.2, 0.25) is 21.8 Å². The second kappa shape index (κ2) is 11.4. The number of hydrogen-bond donors (Lipinski definition) is 1. The fraction of sp³-hybridized carbons (Fsp3) is 0.333. The molecule has 0 aromatic heterocycles. The molecular weight excluding hydrogens is 541 g/mol. The van der Waals surface area contributed by atoms with E-state index in [1.807, 2.05) is 0 Å². The summed E-state index contributed by atoms with van der Waals surface area (Å²) in [6, 6.07) is 10.7. The number of likely N-dealkylation sites (N-methyl/N-ethyl adjacent to an activating group) is 1. The van der Waals surface area contributed by atoms with Crippen molar-refractivity contribution in [2.75, 3.05) is 24.2 Å². The first-order valence-corrected chi connectivity index (χ1v) is 13.1. The van der Waals surface area contributed by atoms with Crippen LogP contribution in [0.25, 0.3) is 0 Å². The molecule has 0 bridgehead atoms. The maximum Gasteiger partial charge on any atom is 0.244 e. The first kappa shape index (κ1) is 26.4. The second-order valence-corrected chi connectivity index (χ2v) is 10.7. The van der Waals surface area contributed by atoms with Crippen molar-refractivity contribution in [2.24, 2.45) is 0 Å². The van der Waals surface area contributed by atoms with Crippen LogP contribution in [0.2, 0.25) is 10.0 Å². The Morgan fingerprint density at radius 1 is 1.16 bits per heavy atom. The molecule has 0 heterocycles. The van der Waals surface area contributed by atoms with E-state index in [4.69, 9.17) is 23.2 Å². The molecular formula is C21H24BrCl2N3O4S. The lowest BCUT2D eigenvalue weighted by Crippen LogP contribution is -2.51. The minimum Gasteiger partial charge on any atom is -0.357 e. The van der Waals surface area contributed by atoms with Gasteiger partial charge in [0.15, 0.2) is 0 Å². The van der Waals surface area contributed by atoms with Gasteiger partial charge in [0.05, 0.1) is 11.9 Å². The van der Waals surface area contributed by atoms with Gasteiger partial charge in [-0.1, -0.05) is 58.2 Å². The zero-order chi connectivity index (χ0) is 24.1. The van der Waals surface area contributed by atoms with Crippen LogP contribution >= 0.6 is 39.1 Å². The Bertz CT molecular complexity index is 1100. The largest absolute Gasteiger partial charge is 0.357 e. The van der Waals surface area contributed by atoms with Gasteiger partial charge in [-0.05, 0) is 42.3 Å². The molecule has 7 nitrogen and oxygen atoms in total. The van der Waals surface area contributed by atoms with E-state index >= 15 is 0 Å². The van der Waals surface area contributed by atoms with Crippen molar-refractivity contribution >= 4 is 66.7 Å². The maximum absolute atomic E-state index is 13.4. The molecule has 32 heavy (non-hydrogen) atoms. The van der Waals surface area contributed by atoms with Gasteiger partial charge in [-0.3, -0.25) is 13.9 Å². The SMILES string of the molecule is CC[C@H](C(=O)NC)N(Cc1ccc(Cl)cc1Cl)C(=O)CN(c1cccc(Br)c1)S(C)(=O)=O. The van der Waals surface area contributed by atoms with E-state index in [9.17, 15) is 18.0 Å². The molecule has 1 atom stereocenters. The number of nitrogens with zero attached hydrogens (tertiary/aromatic N) is 2. The summed E-state index contributed by atoms with van der Waals surface area (Å²) in [5, 5.41) is 3.34. The Hall–Kier alpha value is -1.81. The third-order valence-corrected chi connectivity index (χ3v) is 6.98. The zero-order valence-electron chi connectivity index (χ0n) is 17.8. The van der Waals surface area contributed by atoms with E-state index in [0.717, 1.165) is 10.6 Å². The average Bonchev–Trinajstić information content (AvgIpc) is 2.72. The Balaban J connectivity index is 2.46. The minimum absolute atomic E-state index is 0.0108. The minimum atomic E-state index is -3.79. The fourth-order valence-corrected chi connectivity index (χ4v) is 4.86. The quantitative estimate of drug-likeness (QED) is 0.497. The highest BCUT2D eigenvalue weighted by atomic mass is 79.9. The normalized spacial score (nSPS) is 12.2. The summed E-state index contributed by atoms with van der Waals surface area (Å²) in [6.07, 6.45) is 1.35. The van der Waals surface area contributed by atoms with Gasteiger partial charge < -0.3 is 10.2 Å². The summed E-state index contributed by atoms with van der Waals surface area (Å²) in [4.78, 5) is 27.3. The third-order valence-electron chi connectivity index (χ3n) is 4.76. The molecule has 0 saturated heterocycles. The van der Waals surface area contributed by atoms with Crippen LogP contribution in [-0.4, -0.2) is 51.0 Å². The molecule has 174 valence electrons. The highest BCUT2D eigenvalue weighted by Gasteiger charge is 2.31. The van der Waals surface area contributed by atoms with E-state index in [1.165, 1.54) is 11.9 Å². The van der Waals surface area contributed by atoms with Gasteiger partial charge in [0.1, 0.15) is 12.6 Å². The summed E-state index contributed by atoms with van der Waals surface area (Å²) in [5.74, 6) is -0.906. The molecule has 0 radical (unpaired) electrons. The predicted octanol–water partition coefficient (Wildman–Crippen LogP) is 4.08. The molecule has 2 amide bonds. The number of sulfonamides is 1. The van der Waals surface area contributed by atoms with Crippen molar-refractivity contribution in [3.05, 3.63) is 62.5 Å². The van der Waals surface area contributed by atoms with Crippen LogP contribution in [0.15, 0.2) is 46.9 Å². The molecule has 2 aromatic carbocycles. The second-order valence-electron chi connectivity index (χ2n) is 7.05. The van der Waals surface area contributed by atoms with Crippen molar-refractivity contribution in [2.45, 2.75) is 25.9 Å². The number of amides is 2. The highest BCUT2D eigenvalue weighted by Crippen LogP contribution is 2.25. The van der Waals surface area contributed by atoms with Gasteiger partial charge in [-0.15, -0.1) is 0 Å². The number of carbonyl (C=O) groups is 2. The molecule has 2 aromatic rings. The number of rotatable bonds is 9. The van der Waals surface area contributed by atoms with E-state index < -0.39 is 28.5 Å². The van der Waals surface area contributed by atoms with Crippen molar-refractivity contribution in [1.29, 1.82) is 0 Å². The topological polar surface area (TPSA) is 86.8 Å². The molecule has 0 spiro atoms. The zero-order valence-corrected chi connectivity index (χ0v) is 21.7. The highest BCUT2D eigenvalue weighted by molar-refractivity contribution is 9.10. The van der Waals surface area contributed by atoms with Crippen LogP contribution in [0.3, 0.4) is 0 Å². The lowest BCUT2D eigenvalue weighted by Gasteiger charge is -2.32. The molecule has 0 unspecified atom stereocenters. The Morgan fingerprint density at radius 3 is 2.38 bits per heavy atom. The predicted molar refractivity (Wildman–Crippen MR) is 131 cm³/mol. The third kappa shape index (κ3) is 6.84. The van der Waals surface area contributed by atoms with Gasteiger partial charge in [-0.25, -0.2) is 8.42 Å². The van der Waals surface area contributed by atoms with Gasteiger partial charge in [0, 0.05) is 28.1 Å². The van der Waals surface area contributed by atoms with Crippen molar-refractivity contribution in [1.82, 2.24) is 10.2 Å². The molecule has 11 heteroatoms. The first-order valence-electron chi connectivity index (χ1n) is 9.66. The van der Waals surface area contributed by atoms with Gasteiger partial charge in [0.25, 0.3) is 0 Å². The van der Waals surface area contributed by atoms with Crippen molar-refractivity contribution in [3.8, 4) is 0 Å². The molecule has 0 fully saturated rings. The van der Waals surface area contributed by atoms with Crippen molar-refractivity contribution < 1.29 is 18.0 Å². The van der Waals surface area contributed by atoms with Gasteiger partial charge in [-0.2, -0.15) is 0 Å². The van der Waals surface area contributed by atoms with Crippen LogP contribution < -0.4 is 9.62 Å². The Kier molecular flexibility index (Phi) is 9.39. The number of anilines is 1. The summed E-state index contributed by atoms with van der Waals surface area (Å²) in [6.45, 7) is 1.30. The Labute approximate surface area is 206 Å². The molecule has 0 saturated carbocycles. The number of carbonyl (C=O) groups excluding carboxylic acids is 2. The number of benzene rings is 2. The Morgan fingerprint density at radius 2 is 1.84 bits per heavy atom. The maximum atomic E-state index is 13.4. The average molecular weight is 565 g/mol. The van der Waals surface area contributed by atoms with E-state index in [0.29, 0.717) is 32.2 Å². The van der Waals surface area contributed by atoms with E-state index in [1.54, 1.807) is 49.4 Å². The van der Waals surface area contributed by atoms with Crippen LogP contribution in [0, 0.1) is 0 Å². The van der Waals surface area contributed by atoms with Crippen molar-refractivity contribution in [3.63, 3.8) is 0 Å². The fourth-order valence-electron chi connectivity index (χ4n) is 3.16. The van der Waals surface area contributed by atoms with Crippen LogP contribution in [0.1, 0.15) is 18.9 Å². The van der Waals surface area contributed by atoms with Crippen LogP contribution in [0.4, 0.5) is 5.69 Å². The molecule has 0 aliphatic heterocycles. The standard InChI is InChI=1S/C21H24BrCl2N3O4S/c1-4-19(21(29)25-2)26(12-14-8-9-16(23)11-18(14)24)20(28)13-27(32(3,30)31)17-7-5-6-15(22)10-17/h5-11,19H,4,12-13H2,1-3H3,(H,25,29)/t19-/m1/s1. The molecule has 1 N–H and O–H groups in total. The lowest BCUT2D eigenvalue weighted by molar-refractivity contribution is -0.140. The van der Waals surface area contributed by atoms with E-state index in [-0.39, 0.29) is 12.5 Å². The summed E-state index contributed by atoms with van der Waals surface area (Å²) in [5.41, 5.74) is 0.910. The number of hydrogen-bond acceptors (Lipinski definition) is 4. The molecule has 0 aliphatic rings. The van der Waals surface area contributed by atoms with E-state index in [2.05, 4.69) is 21.2 Å². The molecule has 0 aliphatic carbocycles. The lowest BCUT2D eigenvalue weighted by atomic mass is 10.1. The first-order chi connectivity index (χ1) is 15.0. The summed E-state index contributed by atoms with van der Waals surface area (Å²) < 4.78 is 26.7. The molecule has 2 rings (SSSR count). The van der Waals surface area contributed by atoms with Gasteiger partial charge >= 0.3 is 0 Å². The summed E-state index contributed by atoms with van der Waals surface area (Å²) in [7, 11) is -2.31. The summed E-state index contributed by atoms with van der Waals surface area (Å²) >= 11 is 15.6. The van der Waals surface area contributed by atoms with Crippen LogP contribution in [0.5, 0.6) is 0 Å². The number of halogens is 3. The number of nitrogens with one attached hydrogen (secondary N) is 1. The monoisotopic (exact) mass is 563 g/mol. The smallest absolute Gasteiger partial charge is 0.244 e. The van der Waals surface area contributed by atoms with Crippen LogP contribution in [-0.2, 0) is 26.2 Å².